The molecule has 0 aromatic heterocycles. The summed E-state index contributed by atoms with van der Waals surface area (Å²) in [7, 11) is 1.81. The van der Waals surface area contributed by atoms with E-state index >= 15 is 0 Å². The van der Waals surface area contributed by atoms with Gasteiger partial charge in [0, 0.05) is 7.05 Å². The summed E-state index contributed by atoms with van der Waals surface area (Å²) in [6.07, 6.45) is 3.83. The van der Waals surface area contributed by atoms with Crippen LogP contribution in [-0.4, -0.2) is 48.7 Å². The monoisotopic (exact) mass is 242 g/mol. The largest absolute Gasteiger partial charge is 0.394 e. The molecule has 0 saturated carbocycles. The van der Waals surface area contributed by atoms with Crippen molar-refractivity contribution in [1.82, 2.24) is 10.2 Å². The molecule has 17 heavy (non-hydrogen) atoms. The average Bonchev–Trinajstić information content (AvgIpc) is 2.37. The van der Waals surface area contributed by atoms with Crippen molar-refractivity contribution in [2.24, 2.45) is 5.41 Å². The van der Waals surface area contributed by atoms with Crippen LogP contribution in [0.1, 0.15) is 39.5 Å². The smallest absolute Gasteiger partial charge is 0.228 e. The zero-order chi connectivity index (χ0) is 12.9. The fourth-order valence-electron chi connectivity index (χ4n) is 2.65. The molecule has 0 aromatic carbocycles. The maximum Gasteiger partial charge on any atom is 0.228 e. The van der Waals surface area contributed by atoms with E-state index in [1.165, 1.54) is 0 Å². The molecule has 1 rings (SSSR count). The predicted octanol–water partition coefficient (Wildman–Crippen LogP) is 0.995. The zero-order valence-corrected chi connectivity index (χ0v) is 11.3. The normalized spacial score (nSPS) is 20.9. The van der Waals surface area contributed by atoms with Crippen molar-refractivity contribution >= 4 is 5.91 Å². The van der Waals surface area contributed by atoms with E-state index in [4.69, 9.17) is 5.11 Å². The minimum atomic E-state index is -0.196. The molecule has 1 aliphatic heterocycles. The van der Waals surface area contributed by atoms with Crippen molar-refractivity contribution in [3.05, 3.63) is 0 Å². The number of amides is 1. The summed E-state index contributed by atoms with van der Waals surface area (Å²) in [5.41, 5.74) is -0.196. The molecule has 1 fully saturated rings. The lowest BCUT2D eigenvalue weighted by atomic mass is 9.74. The van der Waals surface area contributed by atoms with Gasteiger partial charge in [0.25, 0.3) is 0 Å². The van der Waals surface area contributed by atoms with E-state index in [0.717, 1.165) is 38.8 Å². The van der Waals surface area contributed by atoms with Crippen LogP contribution in [0.2, 0.25) is 0 Å². The Kier molecular flexibility index (Phi) is 5.40. The lowest BCUT2D eigenvalue weighted by Crippen LogP contribution is -2.51. The second-order valence-corrected chi connectivity index (χ2v) is 5.23. The molecule has 1 unspecified atom stereocenters. The van der Waals surface area contributed by atoms with Gasteiger partial charge in [-0.05, 0) is 39.3 Å². The van der Waals surface area contributed by atoms with E-state index in [9.17, 15) is 4.79 Å². The highest BCUT2D eigenvalue weighted by atomic mass is 16.3. The van der Waals surface area contributed by atoms with E-state index in [-0.39, 0.29) is 24.0 Å². The number of aliphatic hydroxyl groups is 1. The van der Waals surface area contributed by atoms with Crippen molar-refractivity contribution in [2.45, 2.75) is 45.6 Å². The van der Waals surface area contributed by atoms with Crippen LogP contribution in [-0.2, 0) is 4.79 Å². The van der Waals surface area contributed by atoms with Crippen molar-refractivity contribution in [3.63, 3.8) is 0 Å². The van der Waals surface area contributed by atoms with Crippen LogP contribution < -0.4 is 5.32 Å². The van der Waals surface area contributed by atoms with E-state index in [1.807, 2.05) is 14.0 Å². The quantitative estimate of drug-likeness (QED) is 0.756. The molecular formula is C13H26N2O2. The van der Waals surface area contributed by atoms with Gasteiger partial charge in [0.1, 0.15) is 0 Å². The average molecular weight is 242 g/mol. The summed E-state index contributed by atoms with van der Waals surface area (Å²) < 4.78 is 0. The number of hydrogen-bond acceptors (Lipinski definition) is 3. The second kappa shape index (κ2) is 6.36. The van der Waals surface area contributed by atoms with Crippen LogP contribution in [0.4, 0.5) is 0 Å². The number of hydrogen-bond donors (Lipinski definition) is 2. The van der Waals surface area contributed by atoms with Crippen molar-refractivity contribution in [1.29, 1.82) is 0 Å². The number of carbonyl (C=O) groups is 1. The molecule has 4 nitrogen and oxygen atoms in total. The highest BCUT2D eigenvalue weighted by molar-refractivity contribution is 5.83. The van der Waals surface area contributed by atoms with Gasteiger partial charge in [-0.25, -0.2) is 0 Å². The summed E-state index contributed by atoms with van der Waals surface area (Å²) in [4.78, 5) is 14.3. The summed E-state index contributed by atoms with van der Waals surface area (Å²) >= 11 is 0. The highest BCUT2D eigenvalue weighted by Crippen LogP contribution is 2.36. The molecule has 4 heteroatoms. The molecule has 0 radical (unpaired) electrons. The molecule has 100 valence electrons. The van der Waals surface area contributed by atoms with Gasteiger partial charge in [-0.1, -0.05) is 13.3 Å². The first-order chi connectivity index (χ1) is 8.07. The maximum absolute atomic E-state index is 12.6. The van der Waals surface area contributed by atoms with Gasteiger partial charge >= 0.3 is 0 Å². The lowest BCUT2D eigenvalue weighted by Gasteiger charge is -2.40. The third-order valence-electron chi connectivity index (χ3n) is 3.99. The van der Waals surface area contributed by atoms with E-state index < -0.39 is 0 Å². The molecule has 1 heterocycles. The molecule has 1 amide bonds. The van der Waals surface area contributed by atoms with Gasteiger partial charge in [0.05, 0.1) is 18.1 Å². The Morgan fingerprint density at radius 3 is 2.53 bits per heavy atom. The molecule has 1 atom stereocenters. The molecule has 1 saturated heterocycles. The molecule has 2 N–H and O–H groups in total. The first kappa shape index (κ1) is 14.5. The standard InChI is InChI=1S/C13H26N2O2/c1-4-5-13(6-8-14-9-7-13)12(17)15(3)11(2)10-16/h11,14,16H,4-10H2,1-3H3. The van der Waals surface area contributed by atoms with Crippen LogP contribution in [0.5, 0.6) is 0 Å². The van der Waals surface area contributed by atoms with Crippen LogP contribution in [0.25, 0.3) is 0 Å². The topological polar surface area (TPSA) is 52.6 Å². The minimum absolute atomic E-state index is 0.0305. The molecule has 0 bridgehead atoms. The molecular weight excluding hydrogens is 216 g/mol. The van der Waals surface area contributed by atoms with E-state index in [2.05, 4.69) is 12.2 Å². The Balaban J connectivity index is 2.78. The number of rotatable bonds is 5. The van der Waals surface area contributed by atoms with Crippen molar-refractivity contribution < 1.29 is 9.90 Å². The predicted molar refractivity (Wildman–Crippen MR) is 68.8 cm³/mol. The van der Waals surface area contributed by atoms with Gasteiger partial charge in [-0.15, -0.1) is 0 Å². The third kappa shape index (κ3) is 3.19. The third-order valence-corrected chi connectivity index (χ3v) is 3.99. The summed E-state index contributed by atoms with van der Waals surface area (Å²) in [5, 5.41) is 12.5. The number of likely N-dealkylation sites (N-methyl/N-ethyl adjacent to an activating group) is 1. The van der Waals surface area contributed by atoms with Crippen LogP contribution in [0.3, 0.4) is 0 Å². The van der Waals surface area contributed by atoms with Crippen LogP contribution >= 0.6 is 0 Å². The lowest BCUT2D eigenvalue weighted by molar-refractivity contribution is -0.145. The number of piperidine rings is 1. The summed E-state index contributed by atoms with van der Waals surface area (Å²) in [6.45, 7) is 5.90. The second-order valence-electron chi connectivity index (χ2n) is 5.23. The van der Waals surface area contributed by atoms with E-state index in [1.54, 1.807) is 4.90 Å². The zero-order valence-electron chi connectivity index (χ0n) is 11.3. The SMILES string of the molecule is CCCC1(C(=O)N(C)C(C)CO)CCNCC1. The minimum Gasteiger partial charge on any atom is -0.394 e. The molecule has 0 aliphatic carbocycles. The summed E-state index contributed by atoms with van der Waals surface area (Å²) in [5.74, 6) is 0.211. The number of aliphatic hydroxyl groups excluding tert-OH is 1. The number of nitrogens with one attached hydrogen (secondary N) is 1. The van der Waals surface area contributed by atoms with Crippen molar-refractivity contribution in [3.8, 4) is 0 Å². The molecule has 0 aromatic rings. The maximum atomic E-state index is 12.6. The molecule has 0 spiro atoms. The number of carbonyl (C=O) groups excluding carboxylic acids is 1. The fraction of sp³-hybridized carbons (Fsp3) is 0.923. The first-order valence-electron chi connectivity index (χ1n) is 6.66. The van der Waals surface area contributed by atoms with Crippen molar-refractivity contribution in [2.75, 3.05) is 26.7 Å². The highest BCUT2D eigenvalue weighted by Gasteiger charge is 2.41. The van der Waals surface area contributed by atoms with Gasteiger partial charge in [0.15, 0.2) is 0 Å². The first-order valence-corrected chi connectivity index (χ1v) is 6.66. The van der Waals surface area contributed by atoms with Crippen LogP contribution in [0, 0.1) is 5.41 Å². The Morgan fingerprint density at radius 2 is 2.06 bits per heavy atom. The fourth-order valence-corrected chi connectivity index (χ4v) is 2.65. The van der Waals surface area contributed by atoms with E-state index in [0.29, 0.717) is 0 Å². The molecule has 1 aliphatic rings. The Labute approximate surface area is 104 Å². The van der Waals surface area contributed by atoms with Crippen LogP contribution in [0.15, 0.2) is 0 Å². The van der Waals surface area contributed by atoms with Gasteiger partial charge in [-0.2, -0.15) is 0 Å². The van der Waals surface area contributed by atoms with Gasteiger partial charge in [-0.3, -0.25) is 4.79 Å². The Morgan fingerprint density at radius 1 is 1.47 bits per heavy atom. The number of nitrogens with zero attached hydrogens (tertiary/aromatic N) is 1. The van der Waals surface area contributed by atoms with Gasteiger partial charge in [0.2, 0.25) is 5.91 Å². The van der Waals surface area contributed by atoms with Gasteiger partial charge < -0.3 is 15.3 Å². The Hall–Kier alpha value is -0.610. The Bertz CT molecular complexity index is 244. The summed E-state index contributed by atoms with van der Waals surface area (Å²) in [6, 6.07) is -0.0916.